The summed E-state index contributed by atoms with van der Waals surface area (Å²) >= 11 is 0. The molecule has 0 saturated carbocycles. The van der Waals surface area contributed by atoms with Crippen molar-refractivity contribution in [3.05, 3.63) is 65.2 Å². The summed E-state index contributed by atoms with van der Waals surface area (Å²) in [6.07, 6.45) is 3.70. The number of aromatic hydroxyl groups is 1. The molecule has 0 aliphatic carbocycles. The molecule has 1 N–H and O–H groups in total. The predicted octanol–water partition coefficient (Wildman–Crippen LogP) is 3.97. The Hall–Kier alpha value is -2.33. The summed E-state index contributed by atoms with van der Waals surface area (Å²) in [5.41, 5.74) is 4.07. The molecule has 2 heterocycles. The average molecular weight is 379 g/mol. The van der Waals surface area contributed by atoms with Crippen molar-refractivity contribution in [3.63, 3.8) is 0 Å². The molecule has 2 aliphatic heterocycles. The SMILES string of the molecule is CCCC(=O)N1Cc2ccccc2CC2(CCN(Cc3ccc(O)cc3)C2)C1. The first-order valence-electron chi connectivity index (χ1n) is 10.4. The maximum Gasteiger partial charge on any atom is 0.222 e. The number of nitrogens with zero attached hydrogens (tertiary/aromatic N) is 2. The maximum atomic E-state index is 12.8. The molecule has 0 radical (unpaired) electrons. The first kappa shape index (κ1) is 19.0. The highest BCUT2D eigenvalue weighted by Crippen LogP contribution is 2.39. The van der Waals surface area contributed by atoms with E-state index in [4.69, 9.17) is 0 Å². The van der Waals surface area contributed by atoms with E-state index in [0.29, 0.717) is 12.2 Å². The minimum Gasteiger partial charge on any atom is -0.508 e. The van der Waals surface area contributed by atoms with Gasteiger partial charge in [-0.15, -0.1) is 0 Å². The molecule has 2 aromatic rings. The van der Waals surface area contributed by atoms with Crippen LogP contribution in [0.2, 0.25) is 0 Å². The minimum absolute atomic E-state index is 0.132. The zero-order valence-corrected chi connectivity index (χ0v) is 16.7. The van der Waals surface area contributed by atoms with E-state index >= 15 is 0 Å². The molecule has 1 saturated heterocycles. The van der Waals surface area contributed by atoms with Gasteiger partial charge in [0.2, 0.25) is 5.91 Å². The Balaban J connectivity index is 1.55. The van der Waals surface area contributed by atoms with Crippen LogP contribution in [0.3, 0.4) is 0 Å². The van der Waals surface area contributed by atoms with Crippen LogP contribution < -0.4 is 0 Å². The molecule has 1 fully saturated rings. The number of hydrogen-bond acceptors (Lipinski definition) is 3. The Morgan fingerprint density at radius 1 is 1.07 bits per heavy atom. The topological polar surface area (TPSA) is 43.8 Å². The summed E-state index contributed by atoms with van der Waals surface area (Å²) in [6.45, 7) is 6.64. The molecule has 1 amide bonds. The summed E-state index contributed by atoms with van der Waals surface area (Å²) in [5, 5.41) is 9.51. The third kappa shape index (κ3) is 4.07. The summed E-state index contributed by atoms with van der Waals surface area (Å²) in [5.74, 6) is 0.600. The molecule has 4 rings (SSSR count). The van der Waals surface area contributed by atoms with Crippen LogP contribution in [0.1, 0.15) is 42.9 Å². The molecule has 0 bridgehead atoms. The van der Waals surface area contributed by atoms with Crippen LogP contribution >= 0.6 is 0 Å². The van der Waals surface area contributed by atoms with E-state index in [1.165, 1.54) is 16.7 Å². The molecule has 1 unspecified atom stereocenters. The number of phenolic OH excluding ortho intramolecular Hbond substituents is 1. The third-order valence-electron chi connectivity index (χ3n) is 6.25. The number of benzene rings is 2. The van der Waals surface area contributed by atoms with Gasteiger partial charge in [0.05, 0.1) is 0 Å². The third-order valence-corrected chi connectivity index (χ3v) is 6.25. The van der Waals surface area contributed by atoms with Crippen LogP contribution in [-0.2, 0) is 24.3 Å². The molecule has 148 valence electrons. The van der Waals surface area contributed by atoms with E-state index in [-0.39, 0.29) is 11.3 Å². The maximum absolute atomic E-state index is 12.8. The fraction of sp³-hybridized carbons (Fsp3) is 0.458. The molecule has 28 heavy (non-hydrogen) atoms. The lowest BCUT2D eigenvalue weighted by Crippen LogP contribution is -2.41. The Morgan fingerprint density at radius 3 is 2.57 bits per heavy atom. The van der Waals surface area contributed by atoms with E-state index in [1.54, 1.807) is 12.1 Å². The molecule has 2 aromatic carbocycles. The molecular weight excluding hydrogens is 348 g/mol. The van der Waals surface area contributed by atoms with Crippen LogP contribution in [0.5, 0.6) is 5.75 Å². The minimum atomic E-state index is 0.132. The second kappa shape index (κ2) is 7.96. The molecule has 4 heteroatoms. The second-order valence-electron chi connectivity index (χ2n) is 8.57. The van der Waals surface area contributed by atoms with Crippen molar-refractivity contribution in [1.29, 1.82) is 0 Å². The molecule has 2 aliphatic rings. The number of rotatable bonds is 4. The Kier molecular flexibility index (Phi) is 5.40. The predicted molar refractivity (Wildman–Crippen MR) is 111 cm³/mol. The van der Waals surface area contributed by atoms with E-state index < -0.39 is 0 Å². The lowest BCUT2D eigenvalue weighted by molar-refractivity contribution is -0.133. The smallest absolute Gasteiger partial charge is 0.222 e. The Labute approximate surface area is 167 Å². The fourth-order valence-electron chi connectivity index (χ4n) is 4.85. The van der Waals surface area contributed by atoms with Gasteiger partial charge >= 0.3 is 0 Å². The van der Waals surface area contributed by atoms with Crippen LogP contribution in [-0.4, -0.2) is 40.4 Å². The van der Waals surface area contributed by atoms with Crippen molar-refractivity contribution in [2.75, 3.05) is 19.6 Å². The highest BCUT2D eigenvalue weighted by Gasteiger charge is 2.42. The van der Waals surface area contributed by atoms with E-state index in [2.05, 4.69) is 41.0 Å². The zero-order valence-electron chi connectivity index (χ0n) is 16.7. The summed E-state index contributed by atoms with van der Waals surface area (Å²) in [4.78, 5) is 17.4. The van der Waals surface area contributed by atoms with E-state index in [1.807, 2.05) is 12.1 Å². The number of likely N-dealkylation sites (tertiary alicyclic amines) is 1. The van der Waals surface area contributed by atoms with Crippen molar-refractivity contribution in [2.45, 2.75) is 45.7 Å². The van der Waals surface area contributed by atoms with Crippen molar-refractivity contribution in [2.24, 2.45) is 5.41 Å². The van der Waals surface area contributed by atoms with Crippen LogP contribution in [0.15, 0.2) is 48.5 Å². The largest absolute Gasteiger partial charge is 0.508 e. The Morgan fingerprint density at radius 2 is 1.82 bits per heavy atom. The van der Waals surface area contributed by atoms with Gasteiger partial charge in [-0.05, 0) is 54.6 Å². The van der Waals surface area contributed by atoms with E-state index in [9.17, 15) is 9.90 Å². The Bertz CT molecular complexity index is 833. The van der Waals surface area contributed by atoms with Gasteiger partial charge in [0.25, 0.3) is 0 Å². The lowest BCUT2D eigenvalue weighted by atomic mass is 9.80. The van der Waals surface area contributed by atoms with Crippen LogP contribution in [0, 0.1) is 5.41 Å². The number of phenols is 1. The number of carbonyl (C=O) groups excluding carboxylic acids is 1. The number of fused-ring (bicyclic) bond motifs is 1. The highest BCUT2D eigenvalue weighted by atomic mass is 16.3. The molecule has 0 aromatic heterocycles. The van der Waals surface area contributed by atoms with Gasteiger partial charge in [0, 0.05) is 38.0 Å². The quantitative estimate of drug-likeness (QED) is 0.875. The van der Waals surface area contributed by atoms with Gasteiger partial charge in [-0.2, -0.15) is 0 Å². The van der Waals surface area contributed by atoms with Gasteiger partial charge in [-0.25, -0.2) is 0 Å². The number of carbonyl (C=O) groups is 1. The van der Waals surface area contributed by atoms with Crippen molar-refractivity contribution in [3.8, 4) is 5.75 Å². The normalized spacial score (nSPS) is 22.2. The summed E-state index contributed by atoms with van der Waals surface area (Å²) < 4.78 is 0. The molecular formula is C24H30N2O2. The van der Waals surface area contributed by atoms with Gasteiger partial charge in [0.1, 0.15) is 5.75 Å². The highest BCUT2D eigenvalue weighted by molar-refractivity contribution is 5.76. The standard InChI is InChI=1S/C24H30N2O2/c1-2-5-23(28)26-16-21-7-4-3-6-20(21)14-24(18-26)12-13-25(17-24)15-19-8-10-22(27)11-9-19/h3-4,6-11,27H,2,5,12-18H2,1H3. The first-order valence-corrected chi connectivity index (χ1v) is 10.4. The van der Waals surface area contributed by atoms with Gasteiger partial charge < -0.3 is 10.0 Å². The fourth-order valence-corrected chi connectivity index (χ4v) is 4.85. The van der Waals surface area contributed by atoms with Crippen molar-refractivity contribution < 1.29 is 9.90 Å². The second-order valence-corrected chi connectivity index (χ2v) is 8.57. The van der Waals surface area contributed by atoms with Crippen molar-refractivity contribution >= 4 is 5.91 Å². The number of hydrogen-bond donors (Lipinski definition) is 1. The lowest BCUT2D eigenvalue weighted by Gasteiger charge is -2.33. The zero-order chi connectivity index (χ0) is 19.6. The van der Waals surface area contributed by atoms with Gasteiger partial charge in [-0.3, -0.25) is 9.69 Å². The van der Waals surface area contributed by atoms with E-state index in [0.717, 1.165) is 52.0 Å². The monoisotopic (exact) mass is 378 g/mol. The van der Waals surface area contributed by atoms with Gasteiger partial charge in [0.15, 0.2) is 0 Å². The number of amides is 1. The van der Waals surface area contributed by atoms with Crippen LogP contribution in [0.4, 0.5) is 0 Å². The summed E-state index contributed by atoms with van der Waals surface area (Å²) in [6, 6.07) is 16.2. The average Bonchev–Trinajstić information content (AvgIpc) is 2.98. The van der Waals surface area contributed by atoms with Gasteiger partial charge in [-0.1, -0.05) is 43.3 Å². The first-order chi connectivity index (χ1) is 13.6. The molecule has 1 spiro atoms. The summed E-state index contributed by atoms with van der Waals surface area (Å²) in [7, 11) is 0. The molecule has 1 atom stereocenters. The van der Waals surface area contributed by atoms with Crippen molar-refractivity contribution in [1.82, 2.24) is 9.80 Å². The van der Waals surface area contributed by atoms with Crippen LogP contribution in [0.25, 0.3) is 0 Å². The molecule has 4 nitrogen and oxygen atoms in total.